The molecule has 0 aliphatic heterocycles. The zero-order chi connectivity index (χ0) is 21.4. The highest BCUT2D eigenvalue weighted by Gasteiger charge is 2.23. The van der Waals surface area contributed by atoms with Crippen LogP contribution in [0.25, 0.3) is 0 Å². The number of esters is 1. The molecule has 0 radical (unpaired) electrons. The minimum absolute atomic E-state index is 0.0144. The van der Waals surface area contributed by atoms with Crippen LogP contribution in [0.5, 0.6) is 0 Å². The van der Waals surface area contributed by atoms with Crippen LogP contribution in [0.2, 0.25) is 5.15 Å². The second kappa shape index (κ2) is 10.8. The van der Waals surface area contributed by atoms with Crippen LogP contribution in [0, 0.1) is 5.82 Å². The molecule has 2 amide bonds. The van der Waals surface area contributed by atoms with Gasteiger partial charge in [0.25, 0.3) is 5.91 Å². The number of carbonyl (C=O) groups excluding carboxylic acids is 3. The predicted molar refractivity (Wildman–Crippen MR) is 110 cm³/mol. The first-order valence-corrected chi connectivity index (χ1v) is 9.98. The van der Waals surface area contributed by atoms with Crippen LogP contribution in [0.15, 0.2) is 42.6 Å². The fraction of sp³-hybridized carbons (Fsp3) is 0.263. The van der Waals surface area contributed by atoms with E-state index in [-0.39, 0.29) is 16.8 Å². The van der Waals surface area contributed by atoms with Gasteiger partial charge in [0, 0.05) is 11.9 Å². The smallest absolute Gasteiger partial charge is 0.319 e. The lowest BCUT2D eigenvalue weighted by atomic mass is 10.3. The molecule has 0 saturated heterocycles. The van der Waals surface area contributed by atoms with Crippen molar-refractivity contribution in [1.82, 2.24) is 4.98 Å². The summed E-state index contributed by atoms with van der Waals surface area (Å²) in [6.07, 6.45) is 0.418. The minimum Gasteiger partial charge on any atom is -0.452 e. The Morgan fingerprint density at radius 1 is 1.17 bits per heavy atom. The molecule has 0 saturated carbocycles. The Kier molecular flexibility index (Phi) is 8.41. The van der Waals surface area contributed by atoms with Gasteiger partial charge in [-0.1, -0.05) is 11.6 Å². The van der Waals surface area contributed by atoms with Gasteiger partial charge >= 0.3 is 5.97 Å². The van der Waals surface area contributed by atoms with E-state index in [1.165, 1.54) is 37.4 Å². The summed E-state index contributed by atoms with van der Waals surface area (Å²) in [6, 6.07) is 8.50. The third kappa shape index (κ3) is 7.35. The lowest BCUT2D eigenvalue weighted by Gasteiger charge is -2.16. The van der Waals surface area contributed by atoms with Gasteiger partial charge in [-0.3, -0.25) is 14.4 Å². The van der Waals surface area contributed by atoms with Crippen LogP contribution in [-0.2, 0) is 19.1 Å². The van der Waals surface area contributed by atoms with Gasteiger partial charge < -0.3 is 15.4 Å². The van der Waals surface area contributed by atoms with Crippen LogP contribution >= 0.6 is 23.4 Å². The van der Waals surface area contributed by atoms with Crippen molar-refractivity contribution in [3.05, 3.63) is 53.6 Å². The number of rotatable bonds is 8. The Bertz CT molecular complexity index is 882. The number of thioether (sulfide) groups is 1. The van der Waals surface area contributed by atoms with Crippen LogP contribution < -0.4 is 10.6 Å². The molecule has 0 spiro atoms. The normalized spacial score (nSPS) is 12.6. The minimum atomic E-state index is -1.06. The summed E-state index contributed by atoms with van der Waals surface area (Å²) >= 11 is 6.92. The van der Waals surface area contributed by atoms with Crippen molar-refractivity contribution in [3.63, 3.8) is 0 Å². The van der Waals surface area contributed by atoms with E-state index in [0.717, 1.165) is 11.8 Å². The molecular formula is C19H19ClFN3O4S. The van der Waals surface area contributed by atoms with Gasteiger partial charge in [0.05, 0.1) is 11.4 Å². The van der Waals surface area contributed by atoms with Crippen molar-refractivity contribution < 1.29 is 23.5 Å². The van der Waals surface area contributed by atoms with E-state index in [1.807, 2.05) is 0 Å². The van der Waals surface area contributed by atoms with Gasteiger partial charge in [0.15, 0.2) is 11.3 Å². The molecule has 154 valence electrons. The maximum atomic E-state index is 12.9. The van der Waals surface area contributed by atoms with Crippen LogP contribution in [0.3, 0.4) is 0 Å². The second-order valence-electron chi connectivity index (χ2n) is 5.92. The zero-order valence-corrected chi connectivity index (χ0v) is 17.2. The van der Waals surface area contributed by atoms with Crippen LogP contribution in [-0.4, -0.2) is 39.9 Å². The number of pyridine rings is 1. The summed E-state index contributed by atoms with van der Waals surface area (Å²) in [5, 5.41) is 4.57. The number of nitrogens with zero attached hydrogens (tertiary/aromatic N) is 1. The summed E-state index contributed by atoms with van der Waals surface area (Å²) in [6.45, 7) is 3.00. The Morgan fingerprint density at radius 2 is 1.86 bits per heavy atom. The largest absolute Gasteiger partial charge is 0.452 e. The Hall–Kier alpha value is -2.65. The molecule has 29 heavy (non-hydrogen) atoms. The molecule has 0 aliphatic carbocycles. The number of amides is 2. The SMILES string of the molecule is CC(OC(=O)C(C)SCC(=O)Nc1ccc(F)cc1)C(=O)Nc1cccnc1Cl. The number of anilines is 2. The lowest BCUT2D eigenvalue weighted by Crippen LogP contribution is -2.33. The number of nitrogens with one attached hydrogen (secondary N) is 2. The van der Waals surface area contributed by atoms with Gasteiger partial charge in [-0.25, -0.2) is 9.37 Å². The summed E-state index contributed by atoms with van der Waals surface area (Å²) in [4.78, 5) is 40.1. The first-order chi connectivity index (χ1) is 13.8. The fourth-order valence-electron chi connectivity index (χ4n) is 2.04. The Labute approximate surface area is 176 Å². The highest BCUT2D eigenvalue weighted by atomic mass is 35.5. The van der Waals surface area contributed by atoms with E-state index in [1.54, 1.807) is 19.1 Å². The molecule has 7 nitrogen and oxygen atoms in total. The third-order valence-corrected chi connectivity index (χ3v) is 5.03. The average Bonchev–Trinajstić information content (AvgIpc) is 2.69. The van der Waals surface area contributed by atoms with Crippen molar-refractivity contribution in [3.8, 4) is 0 Å². The van der Waals surface area contributed by atoms with Crippen LogP contribution in [0.1, 0.15) is 13.8 Å². The van der Waals surface area contributed by atoms with Gasteiger partial charge in [0.2, 0.25) is 5.91 Å². The quantitative estimate of drug-likeness (QED) is 0.482. The molecule has 2 aromatic rings. The second-order valence-corrected chi connectivity index (χ2v) is 7.61. The molecule has 2 unspecified atom stereocenters. The monoisotopic (exact) mass is 439 g/mol. The molecule has 10 heteroatoms. The van der Waals surface area contributed by atoms with E-state index < -0.39 is 29.0 Å². The predicted octanol–water partition coefficient (Wildman–Crippen LogP) is 3.50. The number of carbonyl (C=O) groups is 3. The van der Waals surface area contributed by atoms with Crippen molar-refractivity contribution in [2.24, 2.45) is 0 Å². The van der Waals surface area contributed by atoms with Crippen molar-refractivity contribution >= 4 is 52.5 Å². The first kappa shape index (κ1) is 22.6. The summed E-state index contributed by atoms with van der Waals surface area (Å²) < 4.78 is 18.0. The number of benzene rings is 1. The molecule has 1 aromatic heterocycles. The molecular weight excluding hydrogens is 421 g/mol. The maximum Gasteiger partial charge on any atom is 0.319 e. The Balaban J connectivity index is 1.77. The highest BCUT2D eigenvalue weighted by molar-refractivity contribution is 8.01. The maximum absolute atomic E-state index is 12.9. The topological polar surface area (TPSA) is 97.4 Å². The van der Waals surface area contributed by atoms with Gasteiger partial charge in [-0.05, 0) is 50.2 Å². The number of ether oxygens (including phenoxy) is 1. The molecule has 2 atom stereocenters. The first-order valence-electron chi connectivity index (χ1n) is 8.55. The standard InChI is InChI=1S/C19H19ClFN3O4S/c1-11(18(26)24-15-4-3-9-22-17(15)20)28-19(27)12(2)29-10-16(25)23-14-7-5-13(21)6-8-14/h3-9,11-12H,10H2,1-2H3,(H,23,25)(H,24,26). The van der Waals surface area contributed by atoms with Crippen molar-refractivity contribution in [1.29, 1.82) is 0 Å². The molecule has 2 rings (SSSR count). The number of hydrogen-bond donors (Lipinski definition) is 2. The molecule has 2 N–H and O–H groups in total. The number of aromatic nitrogens is 1. The molecule has 0 fully saturated rings. The van der Waals surface area contributed by atoms with Gasteiger partial charge in [-0.2, -0.15) is 0 Å². The summed E-state index contributed by atoms with van der Waals surface area (Å²) in [7, 11) is 0. The number of halogens is 2. The molecule has 1 heterocycles. The molecule has 0 bridgehead atoms. The average molecular weight is 440 g/mol. The van der Waals surface area contributed by atoms with Crippen molar-refractivity contribution in [2.45, 2.75) is 25.2 Å². The lowest BCUT2D eigenvalue weighted by molar-refractivity contribution is -0.152. The summed E-state index contributed by atoms with van der Waals surface area (Å²) in [5.74, 6) is -1.96. The van der Waals surface area contributed by atoms with E-state index in [4.69, 9.17) is 16.3 Å². The zero-order valence-electron chi connectivity index (χ0n) is 15.6. The Morgan fingerprint density at radius 3 is 2.52 bits per heavy atom. The highest BCUT2D eigenvalue weighted by Crippen LogP contribution is 2.19. The molecule has 0 aliphatic rings. The van der Waals surface area contributed by atoms with Gasteiger partial charge in [0.1, 0.15) is 11.1 Å². The van der Waals surface area contributed by atoms with E-state index in [0.29, 0.717) is 11.4 Å². The summed E-state index contributed by atoms with van der Waals surface area (Å²) in [5.41, 5.74) is 0.758. The fourth-order valence-corrected chi connectivity index (χ4v) is 2.87. The van der Waals surface area contributed by atoms with E-state index in [9.17, 15) is 18.8 Å². The molecule has 1 aromatic carbocycles. The third-order valence-electron chi connectivity index (χ3n) is 3.60. The number of hydrogen-bond acceptors (Lipinski definition) is 6. The van der Waals surface area contributed by atoms with E-state index in [2.05, 4.69) is 15.6 Å². The van der Waals surface area contributed by atoms with Crippen LogP contribution in [0.4, 0.5) is 15.8 Å². The van der Waals surface area contributed by atoms with Crippen molar-refractivity contribution in [2.75, 3.05) is 16.4 Å². The van der Waals surface area contributed by atoms with Gasteiger partial charge in [-0.15, -0.1) is 11.8 Å². The van der Waals surface area contributed by atoms with E-state index >= 15 is 0 Å².